The second kappa shape index (κ2) is 4.59. The van der Waals surface area contributed by atoms with Crippen molar-refractivity contribution >= 4 is 5.91 Å². The summed E-state index contributed by atoms with van der Waals surface area (Å²) in [5.74, 6) is -0.0185. The molecule has 0 atom stereocenters. The minimum absolute atomic E-state index is 0.0185. The number of amides is 1. The van der Waals surface area contributed by atoms with Crippen molar-refractivity contribution < 1.29 is 4.79 Å². The summed E-state index contributed by atoms with van der Waals surface area (Å²) in [5.41, 5.74) is 5.08. The van der Waals surface area contributed by atoms with Gasteiger partial charge in [-0.15, -0.1) is 0 Å². The quantitative estimate of drug-likeness (QED) is 0.527. The molecule has 0 aromatic heterocycles. The fourth-order valence-corrected chi connectivity index (χ4v) is 0.364. The van der Waals surface area contributed by atoms with Crippen LogP contribution in [0.15, 0.2) is 0 Å². The lowest BCUT2D eigenvalue weighted by Gasteiger charge is -1.95. The van der Waals surface area contributed by atoms with Crippen molar-refractivity contribution in [1.82, 2.24) is 5.32 Å². The van der Waals surface area contributed by atoms with E-state index in [1.54, 1.807) is 13.5 Å². The second-order valence-corrected chi connectivity index (χ2v) is 1.39. The Kier molecular flexibility index (Phi) is 4.26. The maximum absolute atomic E-state index is 10.4. The Labute approximate surface area is 49.3 Å². The SMILES string of the molecule is C[CH]NC(=O)CCN. The highest BCUT2D eigenvalue weighted by molar-refractivity contribution is 5.76. The smallest absolute Gasteiger partial charge is 0.221 e. The normalized spacial score (nSPS) is 8.75. The molecule has 0 rings (SSSR count). The van der Waals surface area contributed by atoms with Crippen LogP contribution in [-0.2, 0) is 4.79 Å². The van der Waals surface area contributed by atoms with Gasteiger partial charge in [0, 0.05) is 19.5 Å². The first-order chi connectivity index (χ1) is 3.81. The van der Waals surface area contributed by atoms with Gasteiger partial charge in [-0.3, -0.25) is 4.79 Å². The molecule has 8 heavy (non-hydrogen) atoms. The first-order valence-corrected chi connectivity index (χ1v) is 2.58. The molecule has 47 valence electrons. The number of carbonyl (C=O) groups excluding carboxylic acids is 1. The molecule has 1 radical (unpaired) electrons. The van der Waals surface area contributed by atoms with E-state index in [0.717, 1.165) is 0 Å². The molecule has 3 heteroatoms. The van der Waals surface area contributed by atoms with Crippen molar-refractivity contribution in [3.05, 3.63) is 6.54 Å². The Hall–Kier alpha value is -0.570. The number of carbonyl (C=O) groups is 1. The average Bonchev–Trinajstić information content (AvgIpc) is 1.68. The monoisotopic (exact) mass is 115 g/mol. The topological polar surface area (TPSA) is 55.1 Å². The predicted octanol–water partition coefficient (Wildman–Crippen LogP) is -0.367. The van der Waals surface area contributed by atoms with E-state index in [1.807, 2.05) is 0 Å². The summed E-state index contributed by atoms with van der Waals surface area (Å²) in [5, 5.41) is 2.50. The maximum Gasteiger partial charge on any atom is 0.221 e. The van der Waals surface area contributed by atoms with Gasteiger partial charge >= 0.3 is 0 Å². The van der Waals surface area contributed by atoms with E-state index in [4.69, 9.17) is 5.73 Å². The van der Waals surface area contributed by atoms with E-state index in [0.29, 0.717) is 13.0 Å². The third kappa shape index (κ3) is 3.61. The molecular weight excluding hydrogens is 104 g/mol. The predicted molar refractivity (Wildman–Crippen MR) is 31.8 cm³/mol. The molecule has 1 amide bonds. The van der Waals surface area contributed by atoms with Gasteiger partial charge in [0.25, 0.3) is 0 Å². The van der Waals surface area contributed by atoms with Crippen LogP contribution in [0.4, 0.5) is 0 Å². The van der Waals surface area contributed by atoms with Crippen molar-refractivity contribution in [3.63, 3.8) is 0 Å². The largest absolute Gasteiger partial charge is 0.352 e. The van der Waals surface area contributed by atoms with Crippen LogP contribution in [0.5, 0.6) is 0 Å². The molecule has 0 saturated carbocycles. The zero-order valence-electron chi connectivity index (χ0n) is 4.98. The lowest BCUT2D eigenvalue weighted by molar-refractivity contribution is -0.120. The Balaban J connectivity index is 3.06. The Bertz CT molecular complexity index is 64.8. The molecule has 0 aliphatic carbocycles. The number of rotatable bonds is 3. The summed E-state index contributed by atoms with van der Waals surface area (Å²) in [6, 6.07) is 0. The third-order valence-corrected chi connectivity index (χ3v) is 0.677. The molecule has 0 aromatic rings. The zero-order chi connectivity index (χ0) is 6.41. The van der Waals surface area contributed by atoms with Crippen molar-refractivity contribution in [1.29, 1.82) is 0 Å². The number of hydrogen-bond acceptors (Lipinski definition) is 2. The molecule has 0 saturated heterocycles. The summed E-state index contributed by atoms with van der Waals surface area (Å²) in [6.45, 7) is 3.77. The summed E-state index contributed by atoms with van der Waals surface area (Å²) < 4.78 is 0. The van der Waals surface area contributed by atoms with Gasteiger partial charge in [0.2, 0.25) is 5.91 Å². The summed E-state index contributed by atoms with van der Waals surface area (Å²) in [6.07, 6.45) is 0.407. The van der Waals surface area contributed by atoms with Crippen molar-refractivity contribution in [2.75, 3.05) is 6.54 Å². The highest BCUT2D eigenvalue weighted by Crippen LogP contribution is 1.73. The Morgan fingerprint density at radius 3 is 2.88 bits per heavy atom. The van der Waals surface area contributed by atoms with Crippen molar-refractivity contribution in [3.8, 4) is 0 Å². The minimum atomic E-state index is -0.0185. The van der Waals surface area contributed by atoms with Crippen molar-refractivity contribution in [2.45, 2.75) is 13.3 Å². The van der Waals surface area contributed by atoms with Crippen LogP contribution in [0.3, 0.4) is 0 Å². The van der Waals surface area contributed by atoms with Crippen LogP contribution in [0.2, 0.25) is 0 Å². The van der Waals surface area contributed by atoms with E-state index in [1.165, 1.54) is 0 Å². The highest BCUT2D eigenvalue weighted by atomic mass is 16.1. The van der Waals surface area contributed by atoms with Crippen LogP contribution in [0.1, 0.15) is 13.3 Å². The lowest BCUT2D eigenvalue weighted by Crippen LogP contribution is -2.21. The Morgan fingerprint density at radius 2 is 2.50 bits per heavy atom. The van der Waals surface area contributed by atoms with Gasteiger partial charge < -0.3 is 11.1 Å². The highest BCUT2D eigenvalue weighted by Gasteiger charge is 1.93. The minimum Gasteiger partial charge on any atom is -0.352 e. The van der Waals surface area contributed by atoms with Crippen LogP contribution in [-0.4, -0.2) is 12.5 Å². The van der Waals surface area contributed by atoms with Crippen LogP contribution in [0.25, 0.3) is 0 Å². The molecule has 3 N–H and O–H groups in total. The van der Waals surface area contributed by atoms with E-state index in [2.05, 4.69) is 5.32 Å². The van der Waals surface area contributed by atoms with Crippen LogP contribution >= 0.6 is 0 Å². The van der Waals surface area contributed by atoms with Gasteiger partial charge in [-0.25, -0.2) is 0 Å². The first-order valence-electron chi connectivity index (χ1n) is 2.58. The van der Waals surface area contributed by atoms with Crippen molar-refractivity contribution in [2.24, 2.45) is 5.73 Å². The number of nitrogens with two attached hydrogens (primary N) is 1. The molecule has 0 bridgehead atoms. The fourth-order valence-electron chi connectivity index (χ4n) is 0.364. The van der Waals surface area contributed by atoms with Gasteiger partial charge in [0.15, 0.2) is 0 Å². The van der Waals surface area contributed by atoms with Crippen LogP contribution in [0, 0.1) is 6.54 Å². The fraction of sp³-hybridized carbons (Fsp3) is 0.600. The first kappa shape index (κ1) is 7.43. The molecule has 0 aromatic carbocycles. The summed E-state index contributed by atoms with van der Waals surface area (Å²) >= 11 is 0. The summed E-state index contributed by atoms with van der Waals surface area (Å²) in [7, 11) is 0. The van der Waals surface area contributed by atoms with Gasteiger partial charge in [-0.2, -0.15) is 0 Å². The number of hydrogen-bond donors (Lipinski definition) is 2. The standard InChI is InChI=1S/C5H11N2O/c1-2-7-5(8)3-4-6/h2H,3-4,6H2,1H3,(H,7,8). The maximum atomic E-state index is 10.4. The van der Waals surface area contributed by atoms with Gasteiger partial charge in [-0.1, -0.05) is 0 Å². The molecule has 0 aliphatic heterocycles. The van der Waals surface area contributed by atoms with Crippen LogP contribution < -0.4 is 11.1 Å². The van der Waals surface area contributed by atoms with E-state index >= 15 is 0 Å². The molecule has 0 heterocycles. The lowest BCUT2D eigenvalue weighted by atomic mass is 10.4. The third-order valence-electron chi connectivity index (χ3n) is 0.677. The molecule has 0 spiro atoms. The molecule has 0 aliphatic rings. The van der Waals surface area contributed by atoms with E-state index < -0.39 is 0 Å². The Morgan fingerprint density at radius 1 is 1.88 bits per heavy atom. The molecule has 0 fully saturated rings. The molecule has 3 nitrogen and oxygen atoms in total. The van der Waals surface area contributed by atoms with Gasteiger partial charge in [0.1, 0.15) is 0 Å². The van der Waals surface area contributed by atoms with Gasteiger partial charge in [-0.05, 0) is 6.92 Å². The van der Waals surface area contributed by atoms with Gasteiger partial charge in [0.05, 0.1) is 0 Å². The second-order valence-electron chi connectivity index (χ2n) is 1.39. The van der Waals surface area contributed by atoms with E-state index in [9.17, 15) is 4.79 Å². The zero-order valence-corrected chi connectivity index (χ0v) is 4.98. The van der Waals surface area contributed by atoms with E-state index in [-0.39, 0.29) is 5.91 Å². The number of nitrogens with one attached hydrogen (secondary N) is 1. The molecular formula is C5H11N2O. The average molecular weight is 115 g/mol. The summed E-state index contributed by atoms with van der Waals surface area (Å²) in [4.78, 5) is 10.4. The molecule has 0 unspecified atom stereocenters.